The molecular weight excluding hydrogens is 535 g/mol. The monoisotopic (exact) mass is 562 g/mol. The number of pyridine rings is 1. The highest BCUT2D eigenvalue weighted by atomic mass is 127. The predicted octanol–water partition coefficient (Wildman–Crippen LogP) is 3.75. The summed E-state index contributed by atoms with van der Waals surface area (Å²) in [6.45, 7) is 2.36. The number of guanidine groups is 1. The summed E-state index contributed by atoms with van der Waals surface area (Å²) in [6.07, 6.45) is 1.78. The van der Waals surface area contributed by atoms with Crippen molar-refractivity contribution in [3.63, 3.8) is 0 Å². The normalized spacial score (nSPS) is 12.0. The molecule has 8 nitrogen and oxygen atoms in total. The number of para-hydroxylation sites is 1. The summed E-state index contributed by atoms with van der Waals surface area (Å²) in [6, 6.07) is 19.4. The van der Waals surface area contributed by atoms with Crippen LogP contribution < -0.4 is 29.6 Å². The third-order valence-corrected chi connectivity index (χ3v) is 4.72. The number of hydrogen-bond acceptors (Lipinski definition) is 6. The van der Waals surface area contributed by atoms with Gasteiger partial charge >= 0.3 is 0 Å². The summed E-state index contributed by atoms with van der Waals surface area (Å²) in [7, 11) is 1.74. The van der Waals surface area contributed by atoms with Gasteiger partial charge in [0.1, 0.15) is 19.0 Å². The van der Waals surface area contributed by atoms with Crippen LogP contribution in [0.3, 0.4) is 0 Å². The second-order valence-electron chi connectivity index (χ2n) is 6.98. The SMILES string of the molecule is CN=C(NCc1ccc(OCCOc2ccccc2)nc1)NCc1ccc2c(c1)OCO2.I. The molecule has 4 rings (SSSR count). The van der Waals surface area contributed by atoms with Crippen LogP contribution in [0.1, 0.15) is 11.1 Å². The molecular formula is C24H27IN4O4. The van der Waals surface area contributed by atoms with Gasteiger partial charge in [-0.3, -0.25) is 4.99 Å². The number of hydrogen-bond donors (Lipinski definition) is 2. The molecule has 2 heterocycles. The summed E-state index contributed by atoms with van der Waals surface area (Å²) >= 11 is 0. The molecule has 1 aliphatic rings. The third-order valence-electron chi connectivity index (χ3n) is 4.72. The van der Waals surface area contributed by atoms with Crippen molar-refractivity contribution in [2.45, 2.75) is 13.1 Å². The van der Waals surface area contributed by atoms with Gasteiger partial charge in [0.25, 0.3) is 0 Å². The lowest BCUT2D eigenvalue weighted by molar-refractivity contribution is 0.174. The summed E-state index contributed by atoms with van der Waals surface area (Å²) in [5, 5.41) is 6.57. The number of nitrogens with zero attached hydrogens (tertiary/aromatic N) is 2. The van der Waals surface area contributed by atoms with Crippen LogP contribution in [0.15, 0.2) is 71.9 Å². The molecule has 0 bridgehead atoms. The van der Waals surface area contributed by atoms with E-state index in [0.29, 0.717) is 38.1 Å². The molecule has 0 unspecified atom stereocenters. The van der Waals surface area contributed by atoms with Crippen molar-refractivity contribution < 1.29 is 18.9 Å². The van der Waals surface area contributed by atoms with Gasteiger partial charge in [0.05, 0.1) is 0 Å². The van der Waals surface area contributed by atoms with Gasteiger partial charge in [0, 0.05) is 32.4 Å². The molecule has 0 saturated carbocycles. The number of benzene rings is 2. The molecule has 0 fully saturated rings. The van der Waals surface area contributed by atoms with E-state index in [0.717, 1.165) is 28.4 Å². The van der Waals surface area contributed by atoms with Gasteiger partial charge in [-0.2, -0.15) is 0 Å². The van der Waals surface area contributed by atoms with Gasteiger partial charge in [-0.1, -0.05) is 30.3 Å². The summed E-state index contributed by atoms with van der Waals surface area (Å²) < 4.78 is 22.0. The Morgan fingerprint density at radius 1 is 0.909 bits per heavy atom. The Balaban J connectivity index is 0.00000306. The van der Waals surface area contributed by atoms with Crippen LogP contribution in [-0.2, 0) is 13.1 Å². The number of rotatable bonds is 9. The lowest BCUT2D eigenvalue weighted by atomic mass is 10.2. The summed E-state index contributed by atoms with van der Waals surface area (Å²) in [5.41, 5.74) is 2.10. The molecule has 1 aromatic heterocycles. The zero-order chi connectivity index (χ0) is 22.0. The molecule has 0 atom stereocenters. The highest BCUT2D eigenvalue weighted by Gasteiger charge is 2.13. The lowest BCUT2D eigenvalue weighted by Gasteiger charge is -2.12. The van der Waals surface area contributed by atoms with Gasteiger partial charge in [-0.25, -0.2) is 4.98 Å². The van der Waals surface area contributed by atoms with E-state index >= 15 is 0 Å². The van der Waals surface area contributed by atoms with E-state index in [2.05, 4.69) is 20.6 Å². The number of aromatic nitrogens is 1. The Morgan fingerprint density at radius 3 is 2.39 bits per heavy atom. The number of aliphatic imine (C=N–C) groups is 1. The van der Waals surface area contributed by atoms with Crippen molar-refractivity contribution in [2.24, 2.45) is 4.99 Å². The molecule has 0 radical (unpaired) electrons. The van der Waals surface area contributed by atoms with Gasteiger partial charge in [-0.05, 0) is 35.4 Å². The second-order valence-corrected chi connectivity index (χ2v) is 6.98. The van der Waals surface area contributed by atoms with Crippen molar-refractivity contribution in [2.75, 3.05) is 27.1 Å². The van der Waals surface area contributed by atoms with Crippen LogP contribution in [0.4, 0.5) is 0 Å². The lowest BCUT2D eigenvalue weighted by Crippen LogP contribution is -2.36. The standard InChI is InChI=1S/C24H26N4O4.HI/c1-25-24(27-14-18-7-9-21-22(13-18)32-17-31-21)28-16-19-8-10-23(26-15-19)30-12-11-29-20-5-3-2-4-6-20;/h2-10,13,15H,11-12,14,16-17H2,1H3,(H2,25,27,28);1H. The Morgan fingerprint density at radius 2 is 1.64 bits per heavy atom. The smallest absolute Gasteiger partial charge is 0.231 e. The Labute approximate surface area is 210 Å². The van der Waals surface area contributed by atoms with Crippen LogP contribution in [-0.4, -0.2) is 38.0 Å². The van der Waals surface area contributed by atoms with E-state index in [1.54, 1.807) is 13.2 Å². The minimum Gasteiger partial charge on any atom is -0.490 e. The number of halogens is 1. The van der Waals surface area contributed by atoms with Gasteiger partial charge in [-0.15, -0.1) is 24.0 Å². The van der Waals surface area contributed by atoms with Crippen molar-refractivity contribution in [1.29, 1.82) is 0 Å². The maximum Gasteiger partial charge on any atom is 0.231 e. The van der Waals surface area contributed by atoms with Crippen molar-refractivity contribution in [1.82, 2.24) is 15.6 Å². The summed E-state index contributed by atoms with van der Waals surface area (Å²) in [4.78, 5) is 8.61. The molecule has 33 heavy (non-hydrogen) atoms. The first-order valence-corrected chi connectivity index (χ1v) is 10.4. The molecule has 0 saturated heterocycles. The number of nitrogens with one attached hydrogen (secondary N) is 2. The zero-order valence-electron chi connectivity index (χ0n) is 18.3. The predicted molar refractivity (Wildman–Crippen MR) is 137 cm³/mol. The largest absolute Gasteiger partial charge is 0.490 e. The van der Waals surface area contributed by atoms with Crippen LogP contribution in [0, 0.1) is 0 Å². The van der Waals surface area contributed by atoms with E-state index < -0.39 is 0 Å². The number of fused-ring (bicyclic) bond motifs is 1. The third kappa shape index (κ3) is 7.41. The molecule has 2 N–H and O–H groups in total. The fourth-order valence-electron chi connectivity index (χ4n) is 3.07. The zero-order valence-corrected chi connectivity index (χ0v) is 20.7. The van der Waals surface area contributed by atoms with Gasteiger partial charge in [0.2, 0.25) is 12.7 Å². The van der Waals surface area contributed by atoms with E-state index in [1.165, 1.54) is 0 Å². The van der Waals surface area contributed by atoms with Crippen molar-refractivity contribution >= 4 is 29.9 Å². The van der Waals surface area contributed by atoms with Crippen LogP contribution in [0.25, 0.3) is 0 Å². The van der Waals surface area contributed by atoms with Crippen LogP contribution >= 0.6 is 24.0 Å². The summed E-state index contributed by atoms with van der Waals surface area (Å²) in [5.74, 6) is 3.63. The van der Waals surface area contributed by atoms with Crippen molar-refractivity contribution in [3.8, 4) is 23.1 Å². The number of ether oxygens (including phenoxy) is 4. The molecule has 0 spiro atoms. The highest BCUT2D eigenvalue weighted by molar-refractivity contribution is 14.0. The van der Waals surface area contributed by atoms with Crippen molar-refractivity contribution in [3.05, 3.63) is 78.0 Å². The molecule has 1 aliphatic heterocycles. The van der Waals surface area contributed by atoms with Crippen LogP contribution in [0.5, 0.6) is 23.1 Å². The maximum absolute atomic E-state index is 5.64. The van der Waals surface area contributed by atoms with E-state index in [1.807, 2.05) is 60.7 Å². The average molecular weight is 562 g/mol. The van der Waals surface area contributed by atoms with E-state index in [4.69, 9.17) is 18.9 Å². The second kappa shape index (κ2) is 12.7. The maximum atomic E-state index is 5.64. The molecule has 2 aromatic carbocycles. The minimum atomic E-state index is 0. The quantitative estimate of drug-likeness (QED) is 0.178. The Hall–Kier alpha value is -3.21. The molecule has 9 heteroatoms. The minimum absolute atomic E-state index is 0. The van der Waals surface area contributed by atoms with Gasteiger partial charge in [0.15, 0.2) is 17.5 Å². The fraction of sp³-hybridized carbons (Fsp3) is 0.250. The van der Waals surface area contributed by atoms with Crippen LogP contribution in [0.2, 0.25) is 0 Å². The van der Waals surface area contributed by atoms with E-state index in [-0.39, 0.29) is 30.8 Å². The molecule has 174 valence electrons. The highest BCUT2D eigenvalue weighted by Crippen LogP contribution is 2.32. The first kappa shape index (κ1) is 24.4. The first-order chi connectivity index (χ1) is 15.8. The Kier molecular flexibility index (Phi) is 9.43. The van der Waals surface area contributed by atoms with E-state index in [9.17, 15) is 0 Å². The fourth-order valence-corrected chi connectivity index (χ4v) is 3.07. The van der Waals surface area contributed by atoms with Gasteiger partial charge < -0.3 is 29.6 Å². The Bertz CT molecular complexity index is 1030. The molecule has 0 aliphatic carbocycles. The molecule has 3 aromatic rings. The molecule has 0 amide bonds. The first-order valence-electron chi connectivity index (χ1n) is 10.4. The topological polar surface area (TPSA) is 86.2 Å². The average Bonchev–Trinajstić information content (AvgIpc) is 3.31.